The summed E-state index contributed by atoms with van der Waals surface area (Å²) >= 11 is 12.0. The van der Waals surface area contributed by atoms with Crippen LogP contribution < -0.4 is 10.6 Å². The summed E-state index contributed by atoms with van der Waals surface area (Å²) < 4.78 is 0. The molecule has 0 radical (unpaired) electrons. The fraction of sp³-hybridized carbons (Fsp3) is 0.385. The molecule has 0 spiro atoms. The van der Waals surface area contributed by atoms with Crippen LogP contribution in [-0.2, 0) is 4.79 Å². The van der Waals surface area contributed by atoms with Crippen molar-refractivity contribution in [3.63, 3.8) is 0 Å². The van der Waals surface area contributed by atoms with Crippen LogP contribution in [0, 0.1) is 6.92 Å². The summed E-state index contributed by atoms with van der Waals surface area (Å²) in [6.45, 7) is 3.61. The van der Waals surface area contributed by atoms with Gasteiger partial charge < -0.3 is 15.7 Å². The first-order valence-electron chi connectivity index (χ1n) is 6.11. The Morgan fingerprint density at radius 2 is 2.00 bits per heavy atom. The van der Waals surface area contributed by atoms with Crippen LogP contribution in [0.5, 0.6) is 0 Å². The zero-order valence-electron chi connectivity index (χ0n) is 11.2. The highest BCUT2D eigenvalue weighted by Gasteiger charge is 2.20. The third kappa shape index (κ3) is 4.28. The van der Waals surface area contributed by atoms with E-state index in [4.69, 9.17) is 28.3 Å². The molecule has 0 fully saturated rings. The van der Waals surface area contributed by atoms with E-state index >= 15 is 0 Å². The summed E-state index contributed by atoms with van der Waals surface area (Å²) in [5.74, 6) is -1.08. The molecule has 2 amide bonds. The number of carbonyl (C=O) groups excluding carboxylic acids is 1. The molecule has 0 saturated carbocycles. The van der Waals surface area contributed by atoms with Crippen LogP contribution in [0.1, 0.15) is 25.3 Å². The minimum absolute atomic E-state index is 0.270. The zero-order valence-corrected chi connectivity index (χ0v) is 12.7. The van der Waals surface area contributed by atoms with Crippen LogP contribution in [0.4, 0.5) is 10.5 Å². The van der Waals surface area contributed by atoms with Crippen molar-refractivity contribution in [1.82, 2.24) is 5.32 Å². The Kier molecular flexibility index (Phi) is 6.10. The number of urea groups is 1. The highest BCUT2D eigenvalue weighted by Crippen LogP contribution is 2.32. The van der Waals surface area contributed by atoms with Gasteiger partial charge in [-0.2, -0.15) is 0 Å². The maximum absolute atomic E-state index is 11.8. The molecule has 0 unspecified atom stereocenters. The van der Waals surface area contributed by atoms with Gasteiger partial charge in [0.05, 0.1) is 15.7 Å². The molecule has 0 bridgehead atoms. The number of halogens is 2. The van der Waals surface area contributed by atoms with E-state index in [1.165, 1.54) is 0 Å². The van der Waals surface area contributed by atoms with Crippen LogP contribution in [-0.4, -0.2) is 23.1 Å². The molecule has 0 aromatic heterocycles. The van der Waals surface area contributed by atoms with Gasteiger partial charge in [0.25, 0.3) is 0 Å². The predicted octanol–water partition coefficient (Wildman–Crippen LogP) is 3.68. The molecule has 7 heteroatoms. The molecule has 1 rings (SSSR count). The van der Waals surface area contributed by atoms with Crippen molar-refractivity contribution in [2.75, 3.05) is 5.32 Å². The molecule has 1 atom stereocenters. The van der Waals surface area contributed by atoms with Crippen molar-refractivity contribution >= 4 is 40.9 Å². The number of nitrogens with one attached hydrogen (secondary N) is 2. The van der Waals surface area contributed by atoms with E-state index in [-0.39, 0.29) is 10.7 Å². The Morgan fingerprint density at radius 1 is 1.35 bits per heavy atom. The monoisotopic (exact) mass is 318 g/mol. The second-order valence-corrected chi connectivity index (χ2v) is 5.12. The molecular formula is C13H16Cl2N2O3. The third-order valence-electron chi connectivity index (χ3n) is 2.70. The molecule has 5 nitrogen and oxygen atoms in total. The second-order valence-electron chi connectivity index (χ2n) is 4.33. The lowest BCUT2D eigenvalue weighted by molar-refractivity contribution is -0.139. The predicted molar refractivity (Wildman–Crippen MR) is 79.7 cm³/mol. The van der Waals surface area contributed by atoms with Crippen molar-refractivity contribution in [3.8, 4) is 0 Å². The second kappa shape index (κ2) is 7.36. The molecule has 0 aliphatic carbocycles. The van der Waals surface area contributed by atoms with Crippen LogP contribution in [0.25, 0.3) is 0 Å². The lowest BCUT2D eigenvalue weighted by Crippen LogP contribution is -2.43. The van der Waals surface area contributed by atoms with Crippen molar-refractivity contribution < 1.29 is 14.7 Å². The van der Waals surface area contributed by atoms with Crippen molar-refractivity contribution in [3.05, 3.63) is 27.7 Å². The first-order chi connectivity index (χ1) is 9.36. The number of hydrogen-bond acceptors (Lipinski definition) is 2. The van der Waals surface area contributed by atoms with E-state index in [0.717, 1.165) is 5.56 Å². The average molecular weight is 319 g/mol. The first kappa shape index (κ1) is 16.6. The van der Waals surface area contributed by atoms with Gasteiger partial charge in [0, 0.05) is 0 Å². The normalized spacial score (nSPS) is 11.8. The molecule has 20 heavy (non-hydrogen) atoms. The lowest BCUT2D eigenvalue weighted by Gasteiger charge is -2.16. The summed E-state index contributed by atoms with van der Waals surface area (Å²) in [4.78, 5) is 22.8. The summed E-state index contributed by atoms with van der Waals surface area (Å²) in [6, 6.07) is 1.74. The zero-order chi connectivity index (χ0) is 15.3. The Balaban J connectivity index is 2.81. The number of amides is 2. The number of aliphatic carboxylic acids is 1. The number of carboxylic acids is 1. The van der Waals surface area contributed by atoms with E-state index in [1.807, 2.05) is 6.92 Å². The number of benzene rings is 1. The Labute approximate surface area is 127 Å². The fourth-order valence-corrected chi connectivity index (χ4v) is 2.09. The minimum atomic E-state index is -1.08. The number of carboxylic acid groups (broad SMARTS) is 1. The van der Waals surface area contributed by atoms with Crippen LogP contribution >= 0.6 is 23.2 Å². The summed E-state index contributed by atoms with van der Waals surface area (Å²) in [6.07, 6.45) is 0.987. The number of carbonyl (C=O) groups is 2. The van der Waals surface area contributed by atoms with E-state index in [0.29, 0.717) is 17.9 Å². The summed E-state index contributed by atoms with van der Waals surface area (Å²) in [5, 5.41) is 14.5. The molecule has 0 aliphatic rings. The Bertz CT molecular complexity index is 521. The smallest absolute Gasteiger partial charge is 0.326 e. The number of rotatable bonds is 5. The van der Waals surface area contributed by atoms with Gasteiger partial charge in [0.1, 0.15) is 6.04 Å². The topological polar surface area (TPSA) is 78.4 Å². The minimum Gasteiger partial charge on any atom is -0.480 e. The molecule has 1 aromatic carbocycles. The van der Waals surface area contributed by atoms with Gasteiger partial charge in [0.15, 0.2) is 0 Å². The number of aryl methyl sites for hydroxylation is 1. The van der Waals surface area contributed by atoms with Crippen molar-refractivity contribution in [1.29, 1.82) is 0 Å². The fourth-order valence-electron chi connectivity index (χ4n) is 1.63. The highest BCUT2D eigenvalue weighted by atomic mass is 35.5. The van der Waals surface area contributed by atoms with Crippen molar-refractivity contribution in [2.24, 2.45) is 0 Å². The van der Waals surface area contributed by atoms with E-state index in [1.54, 1.807) is 19.1 Å². The molecule has 0 heterocycles. The van der Waals surface area contributed by atoms with Gasteiger partial charge in [0.2, 0.25) is 0 Å². The quantitative estimate of drug-likeness (QED) is 0.775. The standard InChI is InChI=1S/C13H16Cl2N2O3/c1-3-4-9(12(18)19)16-13(20)17-11-8(14)6-5-7(2)10(11)15/h5-6,9H,3-4H2,1-2H3,(H,18,19)(H2,16,17,20)/t9-/m1/s1. The van der Waals surface area contributed by atoms with E-state index < -0.39 is 18.0 Å². The van der Waals surface area contributed by atoms with Gasteiger partial charge in [-0.1, -0.05) is 42.6 Å². The summed E-state index contributed by atoms with van der Waals surface area (Å²) in [5.41, 5.74) is 1.03. The summed E-state index contributed by atoms with van der Waals surface area (Å²) in [7, 11) is 0. The lowest BCUT2D eigenvalue weighted by atomic mass is 10.2. The third-order valence-corrected chi connectivity index (χ3v) is 3.51. The maximum atomic E-state index is 11.8. The number of anilines is 1. The van der Waals surface area contributed by atoms with Crippen LogP contribution in [0.3, 0.4) is 0 Å². The maximum Gasteiger partial charge on any atom is 0.326 e. The Morgan fingerprint density at radius 3 is 2.55 bits per heavy atom. The molecule has 0 aliphatic heterocycles. The van der Waals surface area contributed by atoms with E-state index in [2.05, 4.69) is 10.6 Å². The molecular weight excluding hydrogens is 303 g/mol. The molecule has 1 aromatic rings. The van der Waals surface area contributed by atoms with Gasteiger partial charge in [-0.15, -0.1) is 0 Å². The highest BCUT2D eigenvalue weighted by molar-refractivity contribution is 6.40. The van der Waals surface area contributed by atoms with Crippen LogP contribution in [0.15, 0.2) is 12.1 Å². The van der Waals surface area contributed by atoms with Gasteiger partial charge in [-0.3, -0.25) is 0 Å². The largest absolute Gasteiger partial charge is 0.480 e. The SMILES string of the molecule is CCC[C@@H](NC(=O)Nc1c(Cl)ccc(C)c1Cl)C(=O)O. The van der Waals surface area contributed by atoms with Crippen molar-refractivity contribution in [2.45, 2.75) is 32.7 Å². The molecule has 0 saturated heterocycles. The molecule has 3 N–H and O–H groups in total. The molecule has 110 valence electrons. The number of hydrogen-bond donors (Lipinski definition) is 3. The van der Waals surface area contributed by atoms with Gasteiger partial charge in [-0.05, 0) is 25.0 Å². The first-order valence-corrected chi connectivity index (χ1v) is 6.87. The van der Waals surface area contributed by atoms with Gasteiger partial charge in [-0.25, -0.2) is 9.59 Å². The average Bonchev–Trinajstić information content (AvgIpc) is 2.38. The van der Waals surface area contributed by atoms with Crippen LogP contribution in [0.2, 0.25) is 10.0 Å². The van der Waals surface area contributed by atoms with Gasteiger partial charge >= 0.3 is 12.0 Å². The van der Waals surface area contributed by atoms with E-state index in [9.17, 15) is 9.59 Å². The Hall–Kier alpha value is -1.46.